The van der Waals surface area contributed by atoms with E-state index in [9.17, 15) is 4.79 Å². The van der Waals surface area contributed by atoms with Crippen molar-refractivity contribution in [1.82, 2.24) is 14.0 Å². The second-order valence-electron chi connectivity index (χ2n) is 6.90. The van der Waals surface area contributed by atoms with E-state index in [-0.39, 0.29) is 5.43 Å². The maximum atomic E-state index is 13.1. The van der Waals surface area contributed by atoms with Crippen LogP contribution >= 0.6 is 23.7 Å². The van der Waals surface area contributed by atoms with Gasteiger partial charge in [0.1, 0.15) is 0 Å². The zero-order valence-corrected chi connectivity index (χ0v) is 18.3. The van der Waals surface area contributed by atoms with Gasteiger partial charge in [0.25, 0.3) is 0 Å². The van der Waals surface area contributed by atoms with Crippen molar-refractivity contribution in [1.29, 1.82) is 0 Å². The number of pyridine rings is 1. The number of aromatic nitrogens is 1. The number of likely N-dealkylation sites (N-methyl/N-ethyl adjacent to an activating group) is 1. The van der Waals surface area contributed by atoms with E-state index >= 15 is 0 Å². The lowest BCUT2D eigenvalue weighted by Crippen LogP contribution is -2.18. The first-order valence-electron chi connectivity index (χ1n) is 9.40. The molecule has 1 heterocycles. The van der Waals surface area contributed by atoms with Crippen LogP contribution in [0.25, 0.3) is 17.0 Å². The predicted octanol–water partition coefficient (Wildman–Crippen LogP) is 5.31. The minimum atomic E-state index is -0.0216. The lowest BCUT2D eigenvalue weighted by atomic mass is 10.1. The Balaban J connectivity index is 1.76. The third-order valence-electron chi connectivity index (χ3n) is 4.51. The molecule has 0 unspecified atom stereocenters. The average molecular weight is 426 g/mol. The van der Waals surface area contributed by atoms with Crippen LogP contribution in [-0.2, 0) is 6.42 Å². The quantitative estimate of drug-likeness (QED) is 0.502. The summed E-state index contributed by atoms with van der Waals surface area (Å²) in [5.41, 5.74) is 4.53. The molecule has 3 rings (SSSR count). The summed E-state index contributed by atoms with van der Waals surface area (Å²) in [5.74, 6) is 0. The third kappa shape index (κ3) is 5.60. The van der Waals surface area contributed by atoms with E-state index in [0.29, 0.717) is 22.3 Å². The van der Waals surface area contributed by atoms with Crippen LogP contribution in [0.2, 0.25) is 5.02 Å². The van der Waals surface area contributed by atoms with Crippen LogP contribution in [0.4, 0.5) is 0 Å². The summed E-state index contributed by atoms with van der Waals surface area (Å²) in [6, 6.07) is 5.51. The zero-order chi connectivity index (χ0) is 20.8. The summed E-state index contributed by atoms with van der Waals surface area (Å²) < 4.78 is 5.49. The third-order valence-corrected chi connectivity index (χ3v) is 5.48. The topological polar surface area (TPSA) is 45.2 Å². The highest BCUT2D eigenvalue weighted by Gasteiger charge is 2.11. The number of nitrogens with zero attached hydrogens (tertiary/aromatic N) is 2. The normalized spacial score (nSPS) is 14.2. The lowest BCUT2D eigenvalue weighted by molar-refractivity contribution is 0.613. The monoisotopic (exact) mass is 425 g/mol. The Morgan fingerprint density at radius 1 is 1.38 bits per heavy atom. The standard InChI is InChI=1S/C23H24ClN3OS/c1-4-5-6-16(2)15-27(3)29-26-19-9-7-17-8-12-22-21(13-18(24)14-25-22)23(28)20(17)11-10-19/h4-10,12-14,26H,11,15H2,1-3H3/b5-4-,16-6+. The van der Waals surface area contributed by atoms with Crippen molar-refractivity contribution in [3.8, 4) is 0 Å². The van der Waals surface area contributed by atoms with Gasteiger partial charge in [-0.1, -0.05) is 53.6 Å². The van der Waals surface area contributed by atoms with Crippen LogP contribution in [0, 0.1) is 0 Å². The van der Waals surface area contributed by atoms with Gasteiger partial charge in [0.05, 0.1) is 10.5 Å². The molecule has 29 heavy (non-hydrogen) atoms. The average Bonchev–Trinajstić information content (AvgIpc) is 2.97. The molecule has 6 heteroatoms. The molecule has 0 spiro atoms. The molecule has 0 fully saturated rings. The van der Waals surface area contributed by atoms with Gasteiger partial charge >= 0.3 is 0 Å². The lowest BCUT2D eigenvalue weighted by Gasteiger charge is -2.16. The molecule has 1 aromatic carbocycles. The fourth-order valence-electron chi connectivity index (χ4n) is 3.06. The largest absolute Gasteiger partial charge is 0.317 e. The Kier molecular flexibility index (Phi) is 7.31. The molecule has 1 aromatic heterocycles. The smallest absolute Gasteiger partial charge is 0.192 e. The first kappa shape index (κ1) is 21.4. The number of hydrogen-bond acceptors (Lipinski definition) is 5. The molecule has 0 saturated heterocycles. The fourth-order valence-corrected chi connectivity index (χ4v) is 3.90. The van der Waals surface area contributed by atoms with Crippen molar-refractivity contribution in [3.63, 3.8) is 0 Å². The molecule has 1 aliphatic rings. The van der Waals surface area contributed by atoms with E-state index in [1.165, 1.54) is 17.7 Å². The van der Waals surface area contributed by atoms with E-state index in [2.05, 4.69) is 27.0 Å². The van der Waals surface area contributed by atoms with Crippen molar-refractivity contribution in [3.05, 3.63) is 92.4 Å². The van der Waals surface area contributed by atoms with Crippen LogP contribution in [0.5, 0.6) is 0 Å². The van der Waals surface area contributed by atoms with Crippen molar-refractivity contribution in [2.24, 2.45) is 0 Å². The van der Waals surface area contributed by atoms with Crippen LogP contribution in [-0.4, -0.2) is 22.9 Å². The van der Waals surface area contributed by atoms with E-state index in [0.717, 1.165) is 23.4 Å². The van der Waals surface area contributed by atoms with E-state index in [1.54, 1.807) is 12.3 Å². The van der Waals surface area contributed by atoms with Crippen LogP contribution < -0.4 is 10.2 Å². The van der Waals surface area contributed by atoms with Gasteiger partial charge in [0.15, 0.2) is 5.43 Å². The number of nitrogens with one attached hydrogen (secondary N) is 1. The highest BCUT2D eigenvalue weighted by molar-refractivity contribution is 7.95. The second-order valence-corrected chi connectivity index (χ2v) is 8.34. The molecule has 0 saturated carbocycles. The highest BCUT2D eigenvalue weighted by atomic mass is 35.5. The van der Waals surface area contributed by atoms with E-state index < -0.39 is 0 Å². The van der Waals surface area contributed by atoms with Gasteiger partial charge in [-0.2, -0.15) is 0 Å². The molecule has 1 N–H and O–H groups in total. The molecule has 150 valence electrons. The maximum Gasteiger partial charge on any atom is 0.192 e. The minimum Gasteiger partial charge on any atom is -0.317 e. The fraction of sp³-hybridized carbons (Fsp3) is 0.217. The number of hydrogen-bond donors (Lipinski definition) is 1. The van der Waals surface area contributed by atoms with Crippen molar-refractivity contribution in [2.45, 2.75) is 20.3 Å². The van der Waals surface area contributed by atoms with Gasteiger partial charge in [-0.25, -0.2) is 4.31 Å². The van der Waals surface area contributed by atoms with Gasteiger partial charge in [-0.05, 0) is 51.1 Å². The molecule has 4 nitrogen and oxygen atoms in total. The van der Waals surface area contributed by atoms with Crippen LogP contribution in [0.1, 0.15) is 25.0 Å². The van der Waals surface area contributed by atoms with Gasteiger partial charge in [0.2, 0.25) is 0 Å². The number of halogens is 1. The molecule has 2 aromatic rings. The molecular weight excluding hydrogens is 402 g/mol. The Bertz CT molecular complexity index is 1090. The van der Waals surface area contributed by atoms with E-state index in [1.807, 2.05) is 56.5 Å². The number of fused-ring (bicyclic) bond motifs is 2. The zero-order valence-electron chi connectivity index (χ0n) is 16.8. The highest BCUT2D eigenvalue weighted by Crippen LogP contribution is 2.20. The summed E-state index contributed by atoms with van der Waals surface area (Å²) in [6.07, 6.45) is 14.3. The maximum absolute atomic E-state index is 13.1. The molecular formula is C23H24ClN3OS. The number of allylic oxidation sites excluding steroid dienone is 5. The van der Waals surface area contributed by atoms with Gasteiger partial charge in [0, 0.05) is 41.5 Å². The van der Waals surface area contributed by atoms with Gasteiger partial charge < -0.3 is 4.72 Å². The van der Waals surface area contributed by atoms with Crippen LogP contribution in [0.3, 0.4) is 0 Å². The van der Waals surface area contributed by atoms with Gasteiger partial charge in [-0.15, -0.1) is 0 Å². The van der Waals surface area contributed by atoms with Crippen molar-refractivity contribution < 1.29 is 0 Å². The summed E-state index contributed by atoms with van der Waals surface area (Å²) in [7, 11) is 2.04. The van der Waals surface area contributed by atoms with Crippen LogP contribution in [0.15, 0.2) is 70.8 Å². The summed E-state index contributed by atoms with van der Waals surface area (Å²) in [6.45, 7) is 4.97. The SMILES string of the molecule is C/C=C\C=C(/C)CN(C)SNC1=CCc2c(ccc3ncc(Cl)cc3c2=O)C=C1. The summed E-state index contributed by atoms with van der Waals surface area (Å²) in [5, 5.41) is 1.02. The first-order valence-corrected chi connectivity index (χ1v) is 10.6. The molecule has 0 aliphatic heterocycles. The minimum absolute atomic E-state index is 0.0216. The van der Waals surface area contributed by atoms with Crippen molar-refractivity contribution >= 4 is 40.7 Å². The van der Waals surface area contributed by atoms with Gasteiger partial charge in [-0.3, -0.25) is 9.78 Å². The Labute approximate surface area is 180 Å². The Hall–Kier alpha value is -2.34. The summed E-state index contributed by atoms with van der Waals surface area (Å²) >= 11 is 7.59. The molecule has 0 amide bonds. The Morgan fingerprint density at radius 2 is 2.21 bits per heavy atom. The van der Waals surface area contributed by atoms with Crippen molar-refractivity contribution in [2.75, 3.05) is 13.6 Å². The predicted molar refractivity (Wildman–Crippen MR) is 126 cm³/mol. The second kappa shape index (κ2) is 9.92. The molecule has 0 radical (unpaired) electrons. The first-order chi connectivity index (χ1) is 14.0. The number of rotatable bonds is 6. The molecule has 0 atom stereocenters. The summed E-state index contributed by atoms with van der Waals surface area (Å²) in [4.78, 5) is 17.3. The van der Waals surface area contributed by atoms with E-state index in [4.69, 9.17) is 11.6 Å². The molecule has 1 aliphatic carbocycles. The Morgan fingerprint density at radius 3 is 3.00 bits per heavy atom. The molecule has 0 bridgehead atoms.